The minimum absolute atomic E-state index is 0.961. The second kappa shape index (κ2) is 1.52. The number of hydrogen-bond acceptors (Lipinski definition) is 1. The Kier molecular flexibility index (Phi) is 0.769. The van der Waals surface area contributed by atoms with Crippen LogP contribution in [0.1, 0.15) is 25.7 Å². The van der Waals surface area contributed by atoms with Crippen molar-refractivity contribution in [3.8, 4) is 0 Å². The highest BCUT2D eigenvalue weighted by molar-refractivity contribution is 5.15. The first-order valence-electron chi connectivity index (χ1n) is 5.19. The molecule has 1 nitrogen and oxygen atoms in total. The van der Waals surface area contributed by atoms with Gasteiger partial charge >= 0.3 is 0 Å². The van der Waals surface area contributed by atoms with Gasteiger partial charge in [0.2, 0.25) is 0 Å². The number of nitrogens with one attached hydrogen (secondary N) is 1. The topological polar surface area (TPSA) is 12.0 Å². The van der Waals surface area contributed by atoms with Crippen LogP contribution in [0, 0.1) is 23.7 Å². The van der Waals surface area contributed by atoms with E-state index in [1.165, 1.54) is 12.8 Å². The van der Waals surface area contributed by atoms with E-state index in [9.17, 15) is 0 Å². The first-order chi connectivity index (χ1) is 5.43. The van der Waals surface area contributed by atoms with Gasteiger partial charge in [-0.25, -0.2) is 0 Å². The van der Waals surface area contributed by atoms with Gasteiger partial charge in [-0.15, -0.1) is 0 Å². The van der Waals surface area contributed by atoms with Gasteiger partial charge in [-0.05, 0) is 49.4 Å². The lowest BCUT2D eigenvalue weighted by Crippen LogP contribution is -2.29. The molecule has 3 saturated carbocycles. The van der Waals surface area contributed by atoms with Crippen LogP contribution in [0.15, 0.2) is 0 Å². The van der Waals surface area contributed by atoms with E-state index in [1.54, 1.807) is 12.8 Å². The van der Waals surface area contributed by atoms with Gasteiger partial charge in [0.05, 0.1) is 0 Å². The van der Waals surface area contributed by atoms with Crippen molar-refractivity contribution in [2.45, 2.75) is 37.8 Å². The molecule has 1 heterocycles. The Bertz CT molecular complexity index is 209. The van der Waals surface area contributed by atoms with Gasteiger partial charge < -0.3 is 5.32 Å². The molecule has 0 aromatic carbocycles. The molecule has 6 atom stereocenters. The molecule has 1 heteroatoms. The zero-order valence-electron chi connectivity index (χ0n) is 6.79. The minimum atomic E-state index is 0.961. The number of fused-ring (bicyclic) bond motifs is 2. The molecule has 1 N–H and O–H groups in total. The van der Waals surface area contributed by atoms with Gasteiger partial charge in [-0.3, -0.25) is 0 Å². The van der Waals surface area contributed by atoms with E-state index in [2.05, 4.69) is 5.32 Å². The van der Waals surface area contributed by atoms with Crippen molar-refractivity contribution in [3.05, 3.63) is 0 Å². The average molecular weight is 149 g/mol. The molecule has 1 unspecified atom stereocenters. The summed E-state index contributed by atoms with van der Waals surface area (Å²) in [6.07, 6.45) is 6.17. The molecule has 0 spiro atoms. The third-order valence-electron chi connectivity index (χ3n) is 4.95. The van der Waals surface area contributed by atoms with Crippen LogP contribution in [0.25, 0.3) is 0 Å². The standard InChI is InChI=1S/C10H15N/c1-2-8-10-6(1)5-3-7(10)9(4-5)11-8/h5-11H,1-4H2/t5-,6+,7-,8?,9-,10+/m1/s1. The van der Waals surface area contributed by atoms with Crippen LogP contribution < -0.4 is 5.32 Å². The quantitative estimate of drug-likeness (QED) is 0.549. The van der Waals surface area contributed by atoms with Gasteiger partial charge in [-0.1, -0.05) is 0 Å². The fraction of sp³-hybridized carbons (Fsp3) is 1.00. The molecule has 1 saturated heterocycles. The summed E-state index contributed by atoms with van der Waals surface area (Å²) in [5.74, 6) is 4.57. The number of hydrogen-bond donors (Lipinski definition) is 1. The Morgan fingerprint density at radius 3 is 2.91 bits per heavy atom. The van der Waals surface area contributed by atoms with Crippen molar-refractivity contribution in [1.29, 1.82) is 0 Å². The summed E-state index contributed by atoms with van der Waals surface area (Å²) in [4.78, 5) is 0. The SMILES string of the molecule is C1C[C@H]2[C@@H]3C[C@H]4[C@H]2C1N[C@@H]4C3. The van der Waals surface area contributed by atoms with E-state index >= 15 is 0 Å². The summed E-state index contributed by atoms with van der Waals surface area (Å²) in [6.45, 7) is 0. The molecule has 1 aliphatic heterocycles. The molecule has 4 fully saturated rings. The van der Waals surface area contributed by atoms with Crippen LogP contribution in [-0.4, -0.2) is 12.1 Å². The Labute approximate surface area is 67.6 Å². The minimum Gasteiger partial charge on any atom is -0.311 e. The summed E-state index contributed by atoms with van der Waals surface area (Å²) in [5.41, 5.74) is 0. The number of rotatable bonds is 0. The monoisotopic (exact) mass is 149 g/mol. The third-order valence-corrected chi connectivity index (χ3v) is 4.95. The van der Waals surface area contributed by atoms with E-state index in [-0.39, 0.29) is 0 Å². The molecule has 11 heavy (non-hydrogen) atoms. The first-order valence-corrected chi connectivity index (χ1v) is 5.19. The summed E-state index contributed by atoms with van der Waals surface area (Å²) in [5, 5.41) is 3.84. The Balaban J connectivity index is 1.89. The van der Waals surface area contributed by atoms with E-state index < -0.39 is 0 Å². The summed E-state index contributed by atoms with van der Waals surface area (Å²) >= 11 is 0. The molecule has 0 amide bonds. The van der Waals surface area contributed by atoms with Crippen LogP contribution in [0.4, 0.5) is 0 Å². The molecule has 60 valence electrons. The molecule has 0 aromatic heterocycles. The van der Waals surface area contributed by atoms with Gasteiger partial charge in [0, 0.05) is 12.1 Å². The smallest absolute Gasteiger partial charge is 0.0104 e. The second-order valence-corrected chi connectivity index (χ2v) is 5.09. The van der Waals surface area contributed by atoms with E-state index in [0.717, 1.165) is 35.8 Å². The highest BCUT2D eigenvalue weighted by Gasteiger charge is 2.61. The van der Waals surface area contributed by atoms with Crippen LogP contribution >= 0.6 is 0 Å². The van der Waals surface area contributed by atoms with E-state index in [1.807, 2.05) is 0 Å². The van der Waals surface area contributed by atoms with Crippen molar-refractivity contribution in [3.63, 3.8) is 0 Å². The van der Waals surface area contributed by atoms with Crippen molar-refractivity contribution < 1.29 is 0 Å². The molecule has 2 bridgehead atoms. The summed E-state index contributed by atoms with van der Waals surface area (Å²) < 4.78 is 0. The van der Waals surface area contributed by atoms with Crippen molar-refractivity contribution in [2.75, 3.05) is 0 Å². The first kappa shape index (κ1) is 5.58. The molecule has 0 radical (unpaired) electrons. The fourth-order valence-electron chi connectivity index (χ4n) is 4.77. The van der Waals surface area contributed by atoms with Gasteiger partial charge in [0.15, 0.2) is 0 Å². The Morgan fingerprint density at radius 1 is 0.909 bits per heavy atom. The van der Waals surface area contributed by atoms with Gasteiger partial charge in [-0.2, -0.15) is 0 Å². The third kappa shape index (κ3) is 0.462. The fourth-order valence-corrected chi connectivity index (χ4v) is 4.77. The molecular weight excluding hydrogens is 134 g/mol. The maximum absolute atomic E-state index is 3.84. The molecule has 4 aliphatic rings. The highest BCUT2D eigenvalue weighted by Crippen LogP contribution is 2.62. The zero-order chi connectivity index (χ0) is 7.00. The normalized spacial score (nSPS) is 69.8. The Hall–Kier alpha value is -0.0400. The van der Waals surface area contributed by atoms with Crippen molar-refractivity contribution in [2.24, 2.45) is 23.7 Å². The molecule has 4 rings (SSSR count). The van der Waals surface area contributed by atoms with Crippen LogP contribution in [0.3, 0.4) is 0 Å². The van der Waals surface area contributed by atoms with Gasteiger partial charge in [0.1, 0.15) is 0 Å². The van der Waals surface area contributed by atoms with Crippen molar-refractivity contribution in [1.82, 2.24) is 5.32 Å². The van der Waals surface area contributed by atoms with Crippen LogP contribution in [-0.2, 0) is 0 Å². The summed E-state index contributed by atoms with van der Waals surface area (Å²) in [7, 11) is 0. The predicted molar refractivity (Wildman–Crippen MR) is 43.1 cm³/mol. The van der Waals surface area contributed by atoms with Crippen molar-refractivity contribution >= 4 is 0 Å². The zero-order valence-corrected chi connectivity index (χ0v) is 6.79. The molecule has 3 aliphatic carbocycles. The Morgan fingerprint density at radius 2 is 1.91 bits per heavy atom. The summed E-state index contributed by atoms with van der Waals surface area (Å²) in [6, 6.07) is 1.93. The largest absolute Gasteiger partial charge is 0.311 e. The lowest BCUT2D eigenvalue weighted by Gasteiger charge is -2.23. The lowest BCUT2D eigenvalue weighted by atomic mass is 9.82. The lowest BCUT2D eigenvalue weighted by molar-refractivity contribution is 0.278. The van der Waals surface area contributed by atoms with Crippen LogP contribution in [0.2, 0.25) is 0 Å². The van der Waals surface area contributed by atoms with E-state index in [4.69, 9.17) is 0 Å². The maximum Gasteiger partial charge on any atom is 0.0104 e. The van der Waals surface area contributed by atoms with E-state index in [0.29, 0.717) is 0 Å². The predicted octanol–water partition coefficient (Wildman–Crippen LogP) is 1.39. The molecular formula is C10H15N. The molecule has 0 aromatic rings. The van der Waals surface area contributed by atoms with Crippen LogP contribution in [0.5, 0.6) is 0 Å². The maximum atomic E-state index is 3.84. The highest BCUT2D eigenvalue weighted by atomic mass is 15.1. The average Bonchev–Trinajstić information content (AvgIpc) is 2.49. The van der Waals surface area contributed by atoms with Gasteiger partial charge in [0.25, 0.3) is 0 Å². The second-order valence-electron chi connectivity index (χ2n) is 5.09.